The second-order valence-electron chi connectivity index (χ2n) is 11.6. The van der Waals surface area contributed by atoms with Crippen molar-refractivity contribution in [3.8, 4) is 43.9 Å². The Hall–Kier alpha value is -4.40. The number of phenols is 2. The maximum atomic E-state index is 10.9. The summed E-state index contributed by atoms with van der Waals surface area (Å²) in [5.74, 6) is 1.52. The van der Waals surface area contributed by atoms with Gasteiger partial charge in [0.25, 0.3) is 0 Å². The molecule has 250 valence electrons. The van der Waals surface area contributed by atoms with Gasteiger partial charge in [-0.25, -0.2) is 0 Å². The van der Waals surface area contributed by atoms with E-state index in [0.29, 0.717) is 47.2 Å². The van der Waals surface area contributed by atoms with Gasteiger partial charge in [0.2, 0.25) is 0 Å². The van der Waals surface area contributed by atoms with Gasteiger partial charge in [-0.2, -0.15) is 0 Å². The van der Waals surface area contributed by atoms with Gasteiger partial charge >= 0.3 is 0 Å². The zero-order chi connectivity index (χ0) is 33.6. The molecule has 0 radical (unpaired) electrons. The summed E-state index contributed by atoms with van der Waals surface area (Å²) in [5, 5.41) is 25.8. The van der Waals surface area contributed by atoms with Gasteiger partial charge in [-0.05, 0) is 71.1 Å². The highest BCUT2D eigenvalue weighted by molar-refractivity contribution is 7.13. The summed E-state index contributed by atoms with van der Waals surface area (Å²) in [4.78, 5) is 11.8. The van der Waals surface area contributed by atoms with Crippen LogP contribution in [0, 0.1) is 0 Å². The van der Waals surface area contributed by atoms with Gasteiger partial charge in [-0.1, -0.05) is 76.6 Å². The molecule has 0 aliphatic heterocycles. The molecule has 2 heterocycles. The molecule has 0 aliphatic rings. The Bertz CT molecular complexity index is 1650. The Morgan fingerprint density at radius 3 is 1.42 bits per heavy atom. The molecule has 0 saturated carbocycles. The predicted molar refractivity (Wildman–Crippen MR) is 203 cm³/mol. The van der Waals surface area contributed by atoms with E-state index >= 15 is 0 Å². The number of hydrogen-bond donors (Lipinski definition) is 2. The van der Waals surface area contributed by atoms with Crippen LogP contribution in [-0.2, 0) is 0 Å². The predicted octanol–water partition coefficient (Wildman–Crippen LogP) is 12.0. The van der Waals surface area contributed by atoms with Crippen LogP contribution in [0.3, 0.4) is 0 Å². The summed E-state index contributed by atoms with van der Waals surface area (Å²) in [6, 6.07) is 23.0. The van der Waals surface area contributed by atoms with Crippen molar-refractivity contribution in [1.82, 2.24) is 0 Å². The molecule has 2 N–H and O–H groups in total. The highest BCUT2D eigenvalue weighted by Crippen LogP contribution is 2.41. The van der Waals surface area contributed by atoms with Gasteiger partial charge in [0.05, 0.1) is 24.6 Å². The first-order valence-corrected chi connectivity index (χ1v) is 18.6. The third-order valence-corrected chi connectivity index (χ3v) is 9.75. The Balaban J connectivity index is 1.47. The van der Waals surface area contributed by atoms with Gasteiger partial charge in [0.1, 0.15) is 11.5 Å². The second kappa shape index (κ2) is 18.2. The molecule has 0 fully saturated rings. The van der Waals surface area contributed by atoms with Crippen LogP contribution in [-0.4, -0.2) is 35.9 Å². The molecule has 2 aromatic heterocycles. The number of nitrogens with zero attached hydrogens (tertiary/aromatic N) is 2. The highest BCUT2D eigenvalue weighted by Gasteiger charge is 2.14. The van der Waals surface area contributed by atoms with Crippen LogP contribution in [0.4, 0.5) is 11.4 Å². The van der Waals surface area contributed by atoms with Crippen LogP contribution in [0.2, 0.25) is 0 Å². The summed E-state index contributed by atoms with van der Waals surface area (Å²) in [5.41, 5.74) is 4.20. The maximum absolute atomic E-state index is 10.9. The van der Waals surface area contributed by atoms with Crippen molar-refractivity contribution in [3.63, 3.8) is 0 Å². The molecular formula is C40H44N2O4S2. The lowest BCUT2D eigenvalue weighted by Crippen LogP contribution is -2.03. The topological polar surface area (TPSA) is 83.6 Å². The first kappa shape index (κ1) is 34.9. The number of aliphatic imine (C=N–C) groups is 2. The summed E-state index contributed by atoms with van der Waals surface area (Å²) in [7, 11) is 0. The molecule has 0 atom stereocenters. The number of phenolic OH excluding ortho intramolecular Hbond substituents is 2. The van der Waals surface area contributed by atoms with Crippen molar-refractivity contribution >= 4 is 46.5 Å². The fourth-order valence-electron chi connectivity index (χ4n) is 5.17. The zero-order valence-corrected chi connectivity index (χ0v) is 29.4. The van der Waals surface area contributed by atoms with E-state index in [4.69, 9.17) is 19.5 Å². The van der Waals surface area contributed by atoms with Gasteiger partial charge in [0, 0.05) is 45.4 Å². The molecule has 0 bridgehead atoms. The molecule has 0 spiro atoms. The van der Waals surface area contributed by atoms with Crippen LogP contribution >= 0.6 is 22.7 Å². The minimum Gasteiger partial charge on any atom is -0.507 e. The van der Waals surface area contributed by atoms with E-state index in [2.05, 4.69) is 13.8 Å². The Labute approximate surface area is 292 Å². The molecule has 3 aromatic carbocycles. The number of rotatable bonds is 18. The number of thiophene rings is 2. The quantitative estimate of drug-likeness (QED) is 0.0712. The van der Waals surface area contributed by atoms with Crippen LogP contribution in [0.15, 0.2) is 93.5 Å². The lowest BCUT2D eigenvalue weighted by molar-refractivity contribution is 0.259. The smallest absolute Gasteiger partial charge is 0.163 e. The molecule has 6 nitrogen and oxygen atoms in total. The third kappa shape index (κ3) is 9.81. The van der Waals surface area contributed by atoms with E-state index in [9.17, 15) is 10.2 Å². The largest absolute Gasteiger partial charge is 0.507 e. The third-order valence-electron chi connectivity index (χ3n) is 7.91. The molecule has 0 amide bonds. The number of aromatic hydroxyl groups is 2. The highest BCUT2D eigenvalue weighted by atomic mass is 32.1. The Morgan fingerprint density at radius 1 is 0.583 bits per heavy atom. The Morgan fingerprint density at radius 2 is 1.04 bits per heavy atom. The fraction of sp³-hybridized carbons (Fsp3) is 0.300. The molecule has 8 heteroatoms. The lowest BCUT2D eigenvalue weighted by Gasteiger charge is -2.15. The van der Waals surface area contributed by atoms with E-state index in [-0.39, 0.29) is 11.5 Å². The number of benzene rings is 3. The summed E-state index contributed by atoms with van der Waals surface area (Å²) in [6.07, 6.45) is 12.1. The average Bonchev–Trinajstić information content (AvgIpc) is 3.84. The average molecular weight is 681 g/mol. The summed E-state index contributed by atoms with van der Waals surface area (Å²) >= 11 is 3.25. The van der Waals surface area contributed by atoms with Crippen LogP contribution < -0.4 is 9.47 Å². The number of unbranched alkanes of at least 4 members (excludes halogenated alkanes) is 6. The van der Waals surface area contributed by atoms with Gasteiger partial charge in [-0.15, -0.1) is 22.7 Å². The fourth-order valence-corrected chi connectivity index (χ4v) is 6.62. The van der Waals surface area contributed by atoms with Crippen molar-refractivity contribution in [2.24, 2.45) is 9.98 Å². The molecule has 48 heavy (non-hydrogen) atoms. The lowest BCUT2D eigenvalue weighted by atomic mass is 10.1. The van der Waals surface area contributed by atoms with E-state index < -0.39 is 0 Å². The van der Waals surface area contributed by atoms with Crippen molar-refractivity contribution < 1.29 is 19.7 Å². The zero-order valence-electron chi connectivity index (χ0n) is 27.7. The molecular weight excluding hydrogens is 637 g/mol. The van der Waals surface area contributed by atoms with E-state index in [1.54, 1.807) is 47.2 Å². The second-order valence-corrected chi connectivity index (χ2v) is 13.5. The van der Waals surface area contributed by atoms with Gasteiger partial charge in [0.15, 0.2) is 11.5 Å². The first-order chi connectivity index (χ1) is 23.6. The Kier molecular flexibility index (Phi) is 13.3. The van der Waals surface area contributed by atoms with Crippen molar-refractivity contribution in [2.45, 2.75) is 65.2 Å². The van der Waals surface area contributed by atoms with Crippen molar-refractivity contribution in [3.05, 3.63) is 94.7 Å². The first-order valence-electron chi connectivity index (χ1n) is 16.8. The molecule has 5 rings (SSSR count). The standard InChI is InChI=1S/C40H44N2O4S2/c1-3-5-7-9-19-45-37-25-33(41-27-31-17-15-29(23-35(31)43)39-13-11-21-47-39)34(26-38(37)46-20-10-8-6-4-2)42-28-32-18-16-30(24-36(32)44)40-14-12-22-48-40/h11-18,21-28,43-44H,3-10,19-20H2,1-2H3. The number of hydrogen-bond acceptors (Lipinski definition) is 8. The van der Waals surface area contributed by atoms with Gasteiger partial charge in [-0.3, -0.25) is 9.98 Å². The number of ether oxygens (including phenoxy) is 2. The van der Waals surface area contributed by atoms with Crippen LogP contribution in [0.1, 0.15) is 76.3 Å². The minimum absolute atomic E-state index is 0.143. The van der Waals surface area contributed by atoms with Crippen LogP contribution in [0.5, 0.6) is 23.0 Å². The molecule has 5 aromatic rings. The maximum Gasteiger partial charge on any atom is 0.163 e. The summed E-state index contributed by atoms with van der Waals surface area (Å²) in [6.45, 7) is 5.54. The summed E-state index contributed by atoms with van der Waals surface area (Å²) < 4.78 is 12.6. The molecule has 0 aliphatic carbocycles. The van der Waals surface area contributed by atoms with Crippen molar-refractivity contribution in [2.75, 3.05) is 13.2 Å². The SMILES string of the molecule is CCCCCCOc1cc(N=Cc2ccc(-c3cccs3)cc2O)c(N=Cc2ccc(-c3cccs3)cc2O)cc1OCCCCCC. The monoisotopic (exact) mass is 680 g/mol. The minimum atomic E-state index is 0.143. The van der Waals surface area contributed by atoms with E-state index in [0.717, 1.165) is 59.4 Å². The van der Waals surface area contributed by atoms with Gasteiger partial charge < -0.3 is 19.7 Å². The normalized spacial score (nSPS) is 11.5. The molecule has 0 unspecified atom stereocenters. The van der Waals surface area contributed by atoms with Crippen molar-refractivity contribution in [1.29, 1.82) is 0 Å². The van der Waals surface area contributed by atoms with E-state index in [1.165, 1.54) is 12.8 Å². The van der Waals surface area contributed by atoms with Crippen LogP contribution in [0.25, 0.3) is 20.9 Å². The van der Waals surface area contributed by atoms with E-state index in [1.807, 2.05) is 71.4 Å². The molecule has 0 saturated heterocycles.